The van der Waals surface area contributed by atoms with E-state index >= 15 is 19.2 Å². The quantitative estimate of drug-likeness (QED) is 0.0952. The molecule has 31 nitrogen and oxygen atoms in total. The summed E-state index contributed by atoms with van der Waals surface area (Å²) in [5.41, 5.74) is 1.11. The van der Waals surface area contributed by atoms with Gasteiger partial charge in [0.15, 0.2) is 0 Å². The number of unbranched alkanes of at least 4 members (excludes halogenated alkanes) is 1. The molecule has 5 aliphatic rings. The molecule has 5 heterocycles. The molecule has 14 amide bonds. The molecule has 1 unspecified atom stereocenters. The molecule has 576 valence electrons. The van der Waals surface area contributed by atoms with E-state index in [1.165, 1.54) is 14.7 Å². The SMILES string of the molecule is CCCCC1NC(=O)[C@@H]2CSSC[C@H](NC(=O)[C@H]([C@@H](C)CC)NC(=O)[C@@H]3CCCN3C(=O)[C@@H]3CCCN3C(=O)[C@H]([C@@H](C)CC)NC(=O)[C@H](CO)NC(=O)[C@H](Cc3ccccc3)NC1=O)C(=O)N[C@@H](Cc1ccccc1)C(=O)N1CCC[C@H]1C(=O)N[C@@H](CC(=O)O)C(=O)NCC(=O)N[C@@H]([C@@H](C)CC)C(=O)N2. The van der Waals surface area contributed by atoms with E-state index in [4.69, 9.17) is 0 Å². The van der Waals surface area contributed by atoms with Crippen LogP contribution in [0.15, 0.2) is 60.7 Å². The van der Waals surface area contributed by atoms with E-state index in [0.29, 0.717) is 49.7 Å². The summed E-state index contributed by atoms with van der Waals surface area (Å²) in [5.74, 6) is -16.0. The van der Waals surface area contributed by atoms with Crippen molar-refractivity contribution in [2.24, 2.45) is 17.8 Å². The smallest absolute Gasteiger partial charge is 0.305 e. The lowest BCUT2D eigenvalue weighted by Gasteiger charge is -2.35. The van der Waals surface area contributed by atoms with Gasteiger partial charge in [0.2, 0.25) is 82.7 Å². The van der Waals surface area contributed by atoms with E-state index < -0.39 is 205 Å². The molecule has 2 aromatic rings. The van der Waals surface area contributed by atoms with Crippen LogP contribution in [0.2, 0.25) is 0 Å². The Morgan fingerprint density at radius 2 is 0.867 bits per heavy atom. The van der Waals surface area contributed by atoms with Crippen molar-refractivity contribution in [1.29, 1.82) is 0 Å². The second-order valence-electron chi connectivity index (χ2n) is 27.8. The van der Waals surface area contributed by atoms with Crippen LogP contribution >= 0.6 is 21.6 Å². The first kappa shape index (κ1) is 83.4. The zero-order chi connectivity index (χ0) is 76.6. The van der Waals surface area contributed by atoms with Gasteiger partial charge < -0.3 is 83.4 Å². The van der Waals surface area contributed by atoms with Crippen LogP contribution in [0.3, 0.4) is 0 Å². The Kier molecular flexibility index (Phi) is 32.2. The lowest BCUT2D eigenvalue weighted by Crippen LogP contribution is -2.62. The third kappa shape index (κ3) is 23.1. The van der Waals surface area contributed by atoms with Gasteiger partial charge in [0.1, 0.15) is 78.5 Å². The van der Waals surface area contributed by atoms with Crippen molar-refractivity contribution in [2.75, 3.05) is 44.3 Å². The van der Waals surface area contributed by atoms with Crippen molar-refractivity contribution in [3.8, 4) is 0 Å². The van der Waals surface area contributed by atoms with Gasteiger partial charge >= 0.3 is 5.97 Å². The largest absolute Gasteiger partial charge is 0.481 e. The van der Waals surface area contributed by atoms with Crippen LogP contribution < -0.4 is 58.5 Å². The summed E-state index contributed by atoms with van der Waals surface area (Å²) < 4.78 is 0. The van der Waals surface area contributed by atoms with Crippen LogP contribution in [0.1, 0.15) is 143 Å². The number of carbonyl (C=O) groups excluding carboxylic acids is 14. The Hall–Kier alpha value is -8.85. The van der Waals surface area contributed by atoms with Crippen LogP contribution in [0, 0.1) is 17.8 Å². The van der Waals surface area contributed by atoms with Crippen molar-refractivity contribution in [3.63, 3.8) is 0 Å². The number of aliphatic hydroxyl groups excluding tert-OH is 1. The summed E-state index contributed by atoms with van der Waals surface area (Å²) in [6.07, 6.45) is 1.87. The first-order valence-corrected chi connectivity index (χ1v) is 39.1. The molecule has 5 aliphatic heterocycles. The molecular weight excluding hydrogens is 1400 g/mol. The monoisotopic (exact) mass is 1500 g/mol. The Labute approximate surface area is 619 Å². The van der Waals surface area contributed by atoms with E-state index in [1.807, 2.05) is 6.92 Å². The average Bonchev–Trinajstić information content (AvgIpc) is 1.69. The number of hydrogen-bond acceptors (Lipinski definition) is 18. The molecule has 7 rings (SSSR count). The van der Waals surface area contributed by atoms with Gasteiger partial charge in [-0.3, -0.25) is 71.9 Å². The van der Waals surface area contributed by atoms with Crippen LogP contribution in [0.4, 0.5) is 0 Å². The number of carboxylic acids is 1. The number of nitrogens with one attached hydrogen (secondary N) is 11. The maximum Gasteiger partial charge on any atom is 0.305 e. The van der Waals surface area contributed by atoms with Crippen molar-refractivity contribution in [1.82, 2.24) is 73.2 Å². The summed E-state index contributed by atoms with van der Waals surface area (Å²) in [4.78, 5) is 223. The summed E-state index contributed by atoms with van der Waals surface area (Å²) >= 11 is 0. The number of hydrogen-bond donors (Lipinski definition) is 13. The number of nitrogens with zero attached hydrogens (tertiary/aromatic N) is 3. The van der Waals surface area contributed by atoms with Crippen LogP contribution in [-0.4, -0.2) is 236 Å². The number of rotatable bonds is 16. The molecule has 0 radical (unpaired) electrons. The molecule has 5 saturated heterocycles. The van der Waals surface area contributed by atoms with Crippen LogP contribution in [0.25, 0.3) is 0 Å². The maximum atomic E-state index is 15.4. The fraction of sp³-hybridized carbons (Fsp3) is 0.625. The summed E-state index contributed by atoms with van der Waals surface area (Å²) in [5, 5.41) is 50.2. The van der Waals surface area contributed by atoms with Crippen molar-refractivity contribution >= 4 is 110 Å². The predicted molar refractivity (Wildman–Crippen MR) is 389 cm³/mol. The van der Waals surface area contributed by atoms with E-state index in [1.54, 1.807) is 102 Å². The van der Waals surface area contributed by atoms with Gasteiger partial charge in [-0.05, 0) is 73.8 Å². The highest BCUT2D eigenvalue weighted by Gasteiger charge is 2.47. The number of fused-ring (bicyclic) bond motifs is 8. The highest BCUT2D eigenvalue weighted by atomic mass is 33.1. The summed E-state index contributed by atoms with van der Waals surface area (Å²) in [6.45, 7) is 10.6. The standard InChI is InChI=1S/C72H104N14O17S2/c1-8-12-26-45-61(92)75-46(33-43-22-15-13-16-23-43)62(93)78-49(37-87)63(94)83-59(42(7)11-4)72(103)86-32-21-29-54(86)71(102)85-31-20-28-53(85)67(98)82-58(41(6)10-3)69(100)80-51-39-105-104-38-50(64(95)74-45)79-68(99)57(40(5)9-2)81-55(88)36-73-60(91)47(35-56(89)90)76-66(97)52-27-19-30-84(52)70(101)48(77-65(51)96)34-44-24-17-14-18-25-44/h13-18,22-25,40-42,45-54,57-59,87H,8-12,19-21,26-39H2,1-7H3,(H,73,91)(H,74,95)(H,75,92)(H,76,97)(H,77,96)(H,78,93)(H,79,99)(H,80,100)(H,81,88)(H,82,98)(H,83,94)(H,89,90)/t40-,41-,42-,45?,46-,47-,48-,49-,50-,51-,52-,53-,54-,57-,58-,59-/m0/s1. The third-order valence-electron chi connectivity index (χ3n) is 20.2. The molecule has 2 aromatic carbocycles. The summed E-state index contributed by atoms with van der Waals surface area (Å²) in [6, 6.07) is -1.58. The van der Waals surface area contributed by atoms with Crippen molar-refractivity contribution in [2.45, 2.75) is 223 Å². The van der Waals surface area contributed by atoms with E-state index in [9.17, 15) is 63.0 Å². The van der Waals surface area contributed by atoms with Crippen molar-refractivity contribution in [3.05, 3.63) is 71.8 Å². The van der Waals surface area contributed by atoms with Crippen LogP contribution in [-0.2, 0) is 84.8 Å². The molecule has 16 atom stereocenters. The molecule has 2 bridgehead atoms. The summed E-state index contributed by atoms with van der Waals surface area (Å²) in [7, 11) is 1.89. The molecule has 33 heteroatoms. The van der Waals surface area contributed by atoms with Gasteiger partial charge in [0, 0.05) is 44.0 Å². The Morgan fingerprint density at radius 1 is 0.448 bits per heavy atom. The second-order valence-corrected chi connectivity index (χ2v) is 30.3. The second kappa shape index (κ2) is 40.6. The highest BCUT2D eigenvalue weighted by Crippen LogP contribution is 2.29. The highest BCUT2D eigenvalue weighted by molar-refractivity contribution is 8.76. The van der Waals surface area contributed by atoms with E-state index in [2.05, 4.69) is 58.5 Å². The lowest BCUT2D eigenvalue weighted by molar-refractivity contribution is -0.149. The zero-order valence-electron chi connectivity index (χ0n) is 60.7. The van der Waals surface area contributed by atoms with Gasteiger partial charge in [-0.25, -0.2) is 0 Å². The third-order valence-corrected chi connectivity index (χ3v) is 22.7. The Balaban J connectivity index is 1.35. The van der Waals surface area contributed by atoms with E-state index in [0.717, 1.165) is 21.6 Å². The molecule has 0 saturated carbocycles. The minimum Gasteiger partial charge on any atom is -0.481 e. The first-order chi connectivity index (χ1) is 50.2. The van der Waals surface area contributed by atoms with Gasteiger partial charge in [0.25, 0.3) is 0 Å². The molecule has 105 heavy (non-hydrogen) atoms. The number of carbonyl (C=O) groups is 15. The van der Waals surface area contributed by atoms with Gasteiger partial charge in [-0.1, -0.05) is 163 Å². The van der Waals surface area contributed by atoms with Crippen LogP contribution in [0.5, 0.6) is 0 Å². The average molecular weight is 1500 g/mol. The fourth-order valence-electron chi connectivity index (χ4n) is 13.4. The number of aliphatic carboxylic acids is 1. The first-order valence-electron chi connectivity index (χ1n) is 36.6. The predicted octanol–water partition coefficient (Wildman–Crippen LogP) is -0.387. The molecule has 0 aromatic heterocycles. The maximum absolute atomic E-state index is 15.4. The molecule has 13 N–H and O–H groups in total. The lowest BCUT2D eigenvalue weighted by atomic mass is 9.96. The topological polar surface area (TPSA) is 439 Å². The number of aliphatic hydroxyl groups is 1. The Morgan fingerprint density at radius 3 is 1.38 bits per heavy atom. The zero-order valence-corrected chi connectivity index (χ0v) is 62.4. The fourth-order valence-corrected chi connectivity index (χ4v) is 15.7. The van der Waals surface area contributed by atoms with Gasteiger partial charge in [-0.2, -0.15) is 0 Å². The Bertz CT molecular complexity index is 3430. The molecule has 0 aliphatic carbocycles. The van der Waals surface area contributed by atoms with Crippen molar-refractivity contribution < 1.29 is 82.1 Å². The van der Waals surface area contributed by atoms with E-state index in [-0.39, 0.29) is 82.5 Å². The molecule has 5 fully saturated rings. The molecular formula is C72H104N14O17S2. The van der Waals surface area contributed by atoms with Gasteiger partial charge in [-0.15, -0.1) is 0 Å². The minimum absolute atomic E-state index is 0.0169. The minimum atomic E-state index is -1.80. The number of benzene rings is 2. The normalized spacial score (nSPS) is 28.6. The number of amides is 14. The number of carboxylic acid groups (broad SMARTS) is 1. The van der Waals surface area contributed by atoms with Gasteiger partial charge in [0.05, 0.1) is 19.6 Å². The molecule has 0 spiro atoms.